The third kappa shape index (κ3) is 5.70. The van der Waals surface area contributed by atoms with E-state index in [1.54, 1.807) is 11.8 Å². The van der Waals surface area contributed by atoms with Crippen LogP contribution in [0.25, 0.3) is 0 Å². The summed E-state index contributed by atoms with van der Waals surface area (Å²) in [5.41, 5.74) is 0.124. The van der Waals surface area contributed by atoms with Crippen molar-refractivity contribution in [1.82, 2.24) is 10.2 Å². The molecular formula is C13H24N2O3. The Morgan fingerprint density at radius 2 is 1.89 bits per heavy atom. The third-order valence-electron chi connectivity index (χ3n) is 2.33. The Morgan fingerprint density at radius 3 is 2.28 bits per heavy atom. The highest BCUT2D eigenvalue weighted by molar-refractivity contribution is 5.86. The van der Waals surface area contributed by atoms with Gasteiger partial charge in [-0.1, -0.05) is 6.58 Å². The van der Waals surface area contributed by atoms with Crippen LogP contribution in [0.1, 0.15) is 34.6 Å². The number of carbonyl (C=O) groups excluding carboxylic acids is 2. The Kier molecular flexibility index (Phi) is 6.44. The van der Waals surface area contributed by atoms with Gasteiger partial charge in [0.15, 0.2) is 0 Å². The molecule has 0 radical (unpaired) electrons. The molecule has 0 saturated carbocycles. The minimum absolute atomic E-state index is 0.152. The van der Waals surface area contributed by atoms with Crippen LogP contribution in [0, 0.1) is 0 Å². The summed E-state index contributed by atoms with van der Waals surface area (Å²) < 4.78 is 4.88. The van der Waals surface area contributed by atoms with E-state index >= 15 is 0 Å². The second kappa shape index (κ2) is 7.03. The predicted octanol–water partition coefficient (Wildman–Crippen LogP) is 1.94. The molecule has 0 bridgehead atoms. The van der Waals surface area contributed by atoms with Crippen LogP contribution in [0.3, 0.4) is 0 Å². The molecule has 0 aromatic heterocycles. The number of rotatable bonds is 5. The van der Waals surface area contributed by atoms with Crippen molar-refractivity contribution in [3.8, 4) is 0 Å². The van der Waals surface area contributed by atoms with E-state index in [9.17, 15) is 9.59 Å². The van der Waals surface area contributed by atoms with E-state index in [4.69, 9.17) is 4.74 Å². The zero-order valence-electron chi connectivity index (χ0n) is 12.0. The van der Waals surface area contributed by atoms with Gasteiger partial charge in [-0.05, 0) is 34.6 Å². The molecule has 18 heavy (non-hydrogen) atoms. The fourth-order valence-electron chi connectivity index (χ4n) is 1.44. The molecule has 0 atom stereocenters. The minimum Gasteiger partial charge on any atom is -0.460 e. The highest BCUT2D eigenvalue weighted by Gasteiger charge is 2.24. The molecule has 5 heteroatoms. The second-order valence-electron chi connectivity index (χ2n) is 5.06. The number of esters is 1. The minimum atomic E-state index is -0.438. The van der Waals surface area contributed by atoms with Gasteiger partial charge in [0.2, 0.25) is 0 Å². The average molecular weight is 256 g/mol. The summed E-state index contributed by atoms with van der Waals surface area (Å²) in [5.74, 6) is -0.438. The molecule has 0 spiro atoms. The standard InChI is InChI=1S/C13H24N2O3/c1-7-15(13(4,5)6)12(17)14-8-9-18-11(16)10(2)3/h2,7-9H2,1,3-6H3,(H,14,17). The first-order valence-corrected chi connectivity index (χ1v) is 6.08. The molecular weight excluding hydrogens is 232 g/mol. The summed E-state index contributed by atoms with van der Waals surface area (Å²) in [6, 6.07) is -0.156. The van der Waals surface area contributed by atoms with Crippen LogP contribution in [0.4, 0.5) is 4.79 Å². The van der Waals surface area contributed by atoms with Crippen molar-refractivity contribution in [2.24, 2.45) is 0 Å². The van der Waals surface area contributed by atoms with Crippen LogP contribution in [0.15, 0.2) is 12.2 Å². The third-order valence-corrected chi connectivity index (χ3v) is 2.33. The largest absolute Gasteiger partial charge is 0.460 e. The Morgan fingerprint density at radius 1 is 1.33 bits per heavy atom. The van der Waals surface area contributed by atoms with Crippen LogP contribution in [0.2, 0.25) is 0 Å². The highest BCUT2D eigenvalue weighted by atomic mass is 16.5. The van der Waals surface area contributed by atoms with Crippen molar-refractivity contribution < 1.29 is 14.3 Å². The number of urea groups is 1. The van der Waals surface area contributed by atoms with Gasteiger partial charge in [-0.2, -0.15) is 0 Å². The Hall–Kier alpha value is -1.52. The number of nitrogens with one attached hydrogen (secondary N) is 1. The van der Waals surface area contributed by atoms with Gasteiger partial charge in [-0.25, -0.2) is 9.59 Å². The van der Waals surface area contributed by atoms with Crippen LogP contribution in [-0.4, -0.2) is 42.1 Å². The molecule has 0 aliphatic rings. The summed E-state index contributed by atoms with van der Waals surface area (Å²) in [6.07, 6.45) is 0. The predicted molar refractivity (Wildman–Crippen MR) is 71.3 cm³/mol. The van der Waals surface area contributed by atoms with E-state index in [0.717, 1.165) is 0 Å². The van der Waals surface area contributed by atoms with Gasteiger partial charge >= 0.3 is 12.0 Å². The lowest BCUT2D eigenvalue weighted by atomic mass is 10.1. The van der Waals surface area contributed by atoms with Crippen LogP contribution in [-0.2, 0) is 9.53 Å². The quantitative estimate of drug-likeness (QED) is 0.464. The topological polar surface area (TPSA) is 58.6 Å². The van der Waals surface area contributed by atoms with Crippen molar-refractivity contribution in [2.75, 3.05) is 19.7 Å². The SMILES string of the molecule is C=C(C)C(=O)OCCNC(=O)N(CC)C(C)(C)C. The van der Waals surface area contributed by atoms with Crippen LogP contribution < -0.4 is 5.32 Å². The molecule has 104 valence electrons. The van der Waals surface area contributed by atoms with E-state index in [1.165, 1.54) is 0 Å². The number of ether oxygens (including phenoxy) is 1. The molecule has 5 nitrogen and oxygen atoms in total. The van der Waals surface area contributed by atoms with E-state index in [2.05, 4.69) is 11.9 Å². The number of nitrogens with zero attached hydrogens (tertiary/aromatic N) is 1. The fourth-order valence-corrected chi connectivity index (χ4v) is 1.44. The van der Waals surface area contributed by atoms with Crippen LogP contribution in [0.5, 0.6) is 0 Å². The molecule has 2 amide bonds. The van der Waals surface area contributed by atoms with Crippen molar-refractivity contribution in [3.63, 3.8) is 0 Å². The lowest BCUT2D eigenvalue weighted by Gasteiger charge is -2.34. The Bertz CT molecular complexity index is 319. The van der Waals surface area contributed by atoms with E-state index in [0.29, 0.717) is 18.7 Å². The smallest absolute Gasteiger partial charge is 0.333 e. The molecule has 0 aliphatic heterocycles. The molecule has 0 rings (SSSR count). The van der Waals surface area contributed by atoms with E-state index in [1.807, 2.05) is 27.7 Å². The fraction of sp³-hybridized carbons (Fsp3) is 0.692. The van der Waals surface area contributed by atoms with Crippen LogP contribution >= 0.6 is 0 Å². The molecule has 0 heterocycles. The molecule has 0 fully saturated rings. The molecule has 0 unspecified atom stereocenters. The Labute approximate surface area is 109 Å². The monoisotopic (exact) mass is 256 g/mol. The molecule has 0 aromatic carbocycles. The van der Waals surface area contributed by atoms with E-state index < -0.39 is 5.97 Å². The maximum absolute atomic E-state index is 11.9. The normalized spacial score (nSPS) is 10.7. The molecule has 1 N–H and O–H groups in total. The maximum Gasteiger partial charge on any atom is 0.333 e. The first-order chi connectivity index (χ1) is 8.20. The van der Waals surface area contributed by atoms with Gasteiger partial charge in [-0.15, -0.1) is 0 Å². The van der Waals surface area contributed by atoms with Crippen molar-refractivity contribution in [3.05, 3.63) is 12.2 Å². The van der Waals surface area contributed by atoms with Gasteiger partial charge in [-0.3, -0.25) is 0 Å². The summed E-state index contributed by atoms with van der Waals surface area (Å²) in [6.45, 7) is 14.0. The summed E-state index contributed by atoms with van der Waals surface area (Å²) in [7, 11) is 0. The van der Waals surface area contributed by atoms with Crippen molar-refractivity contribution in [2.45, 2.75) is 40.2 Å². The number of amides is 2. The number of hydrogen-bond donors (Lipinski definition) is 1. The summed E-state index contributed by atoms with van der Waals surface area (Å²) >= 11 is 0. The zero-order chi connectivity index (χ0) is 14.3. The molecule has 0 aliphatic carbocycles. The number of carbonyl (C=O) groups is 2. The first-order valence-electron chi connectivity index (χ1n) is 6.08. The van der Waals surface area contributed by atoms with Gasteiger partial charge < -0.3 is 15.0 Å². The second-order valence-corrected chi connectivity index (χ2v) is 5.06. The first kappa shape index (κ1) is 16.5. The number of hydrogen-bond acceptors (Lipinski definition) is 3. The van der Waals surface area contributed by atoms with E-state index in [-0.39, 0.29) is 18.2 Å². The van der Waals surface area contributed by atoms with Crippen molar-refractivity contribution in [1.29, 1.82) is 0 Å². The summed E-state index contributed by atoms with van der Waals surface area (Å²) in [5, 5.41) is 2.71. The van der Waals surface area contributed by atoms with Gasteiger partial charge in [0, 0.05) is 17.7 Å². The van der Waals surface area contributed by atoms with Gasteiger partial charge in [0.25, 0.3) is 0 Å². The van der Waals surface area contributed by atoms with Gasteiger partial charge in [0.05, 0.1) is 6.54 Å². The van der Waals surface area contributed by atoms with Crippen molar-refractivity contribution >= 4 is 12.0 Å². The Balaban J connectivity index is 4.04. The van der Waals surface area contributed by atoms with Gasteiger partial charge in [0.1, 0.15) is 6.61 Å². The lowest BCUT2D eigenvalue weighted by Crippen LogP contribution is -2.50. The zero-order valence-corrected chi connectivity index (χ0v) is 12.0. The lowest BCUT2D eigenvalue weighted by molar-refractivity contribution is -0.138. The molecule has 0 aromatic rings. The average Bonchev–Trinajstić information content (AvgIpc) is 2.22. The summed E-state index contributed by atoms with van der Waals surface area (Å²) in [4.78, 5) is 24.7. The maximum atomic E-state index is 11.9. The highest BCUT2D eigenvalue weighted by Crippen LogP contribution is 2.12. The molecule has 0 saturated heterocycles.